The second-order valence-electron chi connectivity index (χ2n) is 13.3. The Bertz CT molecular complexity index is 2340. The van der Waals surface area contributed by atoms with Crippen LogP contribution in [0.15, 0.2) is 163 Å². The highest BCUT2D eigenvalue weighted by Gasteiger charge is 2.43. The molecule has 0 radical (unpaired) electrons. The summed E-state index contributed by atoms with van der Waals surface area (Å²) in [5.41, 5.74) is 13.1. The fourth-order valence-electron chi connectivity index (χ4n) is 8.06. The van der Waals surface area contributed by atoms with Gasteiger partial charge in [0.05, 0.1) is 6.04 Å². The standard InChI is InChI=1S/C45H35NS/c1-45(2)40-19-8-6-14-36(40)38-17-11-20-41(43(38)45)46(33-26-22-31(23-27-33)30-12-4-3-5-13-30)34-28-24-32(25-29-34)35-16-10-18-39-37-15-7-9-21-42(37)47-44(35)39/h3-19,21-29,41H,20H2,1-2H3. The highest BCUT2D eigenvalue weighted by molar-refractivity contribution is 7.26. The van der Waals surface area contributed by atoms with Gasteiger partial charge in [0, 0.05) is 37.0 Å². The molecule has 1 nitrogen and oxygen atoms in total. The first-order chi connectivity index (χ1) is 23.1. The van der Waals surface area contributed by atoms with Crippen LogP contribution in [0.4, 0.5) is 11.4 Å². The van der Waals surface area contributed by atoms with Gasteiger partial charge in [-0.2, -0.15) is 0 Å². The van der Waals surface area contributed by atoms with Crippen LogP contribution in [0, 0.1) is 0 Å². The fraction of sp³-hybridized carbons (Fsp3) is 0.111. The number of hydrogen-bond acceptors (Lipinski definition) is 2. The maximum atomic E-state index is 2.59. The van der Waals surface area contributed by atoms with Crippen LogP contribution >= 0.6 is 11.3 Å². The minimum Gasteiger partial charge on any atom is -0.334 e. The Morgan fingerprint density at radius 1 is 0.574 bits per heavy atom. The zero-order valence-electron chi connectivity index (χ0n) is 26.7. The molecule has 0 N–H and O–H groups in total. The minimum absolute atomic E-state index is 0.0691. The molecule has 1 atom stereocenters. The van der Waals surface area contributed by atoms with Crippen molar-refractivity contribution in [1.29, 1.82) is 0 Å². The molecule has 0 aliphatic heterocycles. The number of allylic oxidation sites excluding steroid dienone is 2. The highest BCUT2D eigenvalue weighted by Crippen LogP contribution is 2.52. The van der Waals surface area contributed by atoms with E-state index in [1.54, 1.807) is 0 Å². The molecule has 0 bridgehead atoms. The van der Waals surface area contributed by atoms with E-state index in [1.165, 1.54) is 76.1 Å². The molecule has 0 fully saturated rings. The van der Waals surface area contributed by atoms with Gasteiger partial charge in [-0.05, 0) is 81.3 Å². The van der Waals surface area contributed by atoms with Crippen molar-refractivity contribution in [3.8, 4) is 22.3 Å². The summed E-state index contributed by atoms with van der Waals surface area (Å²) in [6.07, 6.45) is 5.70. The molecule has 0 spiro atoms. The summed E-state index contributed by atoms with van der Waals surface area (Å²) in [7, 11) is 0. The van der Waals surface area contributed by atoms with Gasteiger partial charge >= 0.3 is 0 Å². The molecule has 0 amide bonds. The van der Waals surface area contributed by atoms with E-state index in [0.717, 1.165) is 6.42 Å². The zero-order chi connectivity index (χ0) is 31.5. The zero-order valence-corrected chi connectivity index (χ0v) is 27.5. The van der Waals surface area contributed by atoms with Crippen molar-refractivity contribution in [1.82, 2.24) is 0 Å². The molecule has 7 aromatic rings. The molecule has 2 heteroatoms. The third kappa shape index (κ3) is 4.51. The number of hydrogen-bond donors (Lipinski definition) is 0. The molecule has 2 aliphatic carbocycles. The van der Waals surface area contributed by atoms with Crippen molar-refractivity contribution in [3.63, 3.8) is 0 Å². The van der Waals surface area contributed by atoms with Gasteiger partial charge < -0.3 is 4.90 Å². The van der Waals surface area contributed by atoms with E-state index in [1.807, 2.05) is 11.3 Å². The molecule has 1 aromatic heterocycles. The van der Waals surface area contributed by atoms with Crippen LogP contribution in [0.2, 0.25) is 0 Å². The van der Waals surface area contributed by atoms with E-state index < -0.39 is 0 Å². The largest absolute Gasteiger partial charge is 0.334 e. The first kappa shape index (κ1) is 28.1. The van der Waals surface area contributed by atoms with Crippen LogP contribution in [-0.4, -0.2) is 6.04 Å². The summed E-state index contributed by atoms with van der Waals surface area (Å²) in [6, 6.07) is 53.8. The van der Waals surface area contributed by atoms with Gasteiger partial charge in [-0.25, -0.2) is 0 Å². The first-order valence-electron chi connectivity index (χ1n) is 16.5. The predicted molar refractivity (Wildman–Crippen MR) is 203 cm³/mol. The first-order valence-corrected chi connectivity index (χ1v) is 17.4. The molecule has 0 saturated heterocycles. The van der Waals surface area contributed by atoms with Gasteiger partial charge in [0.15, 0.2) is 0 Å². The van der Waals surface area contributed by atoms with E-state index in [4.69, 9.17) is 0 Å². The van der Waals surface area contributed by atoms with Gasteiger partial charge in [0.2, 0.25) is 0 Å². The normalized spacial score (nSPS) is 16.4. The average Bonchev–Trinajstić information content (AvgIpc) is 3.62. The summed E-state index contributed by atoms with van der Waals surface area (Å²) < 4.78 is 2.69. The molecule has 1 heterocycles. The summed E-state index contributed by atoms with van der Waals surface area (Å²) in [4.78, 5) is 2.59. The van der Waals surface area contributed by atoms with E-state index in [-0.39, 0.29) is 11.5 Å². The molecule has 6 aromatic carbocycles. The van der Waals surface area contributed by atoms with Crippen LogP contribution in [0.1, 0.15) is 31.4 Å². The van der Waals surface area contributed by atoms with Crippen molar-refractivity contribution in [2.45, 2.75) is 31.7 Å². The Morgan fingerprint density at radius 3 is 1.98 bits per heavy atom. The average molecular weight is 622 g/mol. The van der Waals surface area contributed by atoms with Crippen LogP contribution < -0.4 is 4.90 Å². The molecular formula is C45H35NS. The summed E-state index contributed by atoms with van der Waals surface area (Å²) in [5, 5.41) is 2.68. The SMILES string of the molecule is CC1(C)C2=C(C=CCC2N(c2ccc(-c3ccccc3)cc2)c2ccc(-c3cccc4c3sc3ccccc34)cc2)c2ccccc21. The third-order valence-corrected chi connectivity index (χ3v) is 11.5. The van der Waals surface area contributed by atoms with Crippen LogP contribution in [0.5, 0.6) is 0 Å². The Hall–Kier alpha value is -5.18. The number of fused-ring (bicyclic) bond motifs is 5. The van der Waals surface area contributed by atoms with Crippen molar-refractivity contribution in [2.24, 2.45) is 0 Å². The Morgan fingerprint density at radius 2 is 1.19 bits per heavy atom. The van der Waals surface area contributed by atoms with E-state index in [2.05, 4.69) is 176 Å². The van der Waals surface area contributed by atoms with Crippen molar-refractivity contribution in [3.05, 3.63) is 174 Å². The van der Waals surface area contributed by atoms with Gasteiger partial charge in [-0.15, -0.1) is 11.3 Å². The van der Waals surface area contributed by atoms with Crippen molar-refractivity contribution < 1.29 is 0 Å². The van der Waals surface area contributed by atoms with E-state index in [0.29, 0.717) is 0 Å². The Labute approximate surface area is 280 Å². The number of nitrogens with zero attached hydrogens (tertiary/aromatic N) is 1. The maximum Gasteiger partial charge on any atom is 0.0603 e. The molecule has 9 rings (SSSR count). The second kappa shape index (κ2) is 11.0. The van der Waals surface area contributed by atoms with Gasteiger partial charge in [-0.3, -0.25) is 0 Å². The van der Waals surface area contributed by atoms with E-state index >= 15 is 0 Å². The summed E-state index contributed by atoms with van der Waals surface area (Å²) in [6.45, 7) is 4.82. The summed E-state index contributed by atoms with van der Waals surface area (Å²) >= 11 is 1.89. The van der Waals surface area contributed by atoms with Gasteiger partial charge in [-0.1, -0.05) is 141 Å². The second-order valence-corrected chi connectivity index (χ2v) is 14.3. The lowest BCUT2D eigenvalue weighted by Gasteiger charge is -2.41. The Kier molecular flexibility index (Phi) is 6.55. The van der Waals surface area contributed by atoms with Crippen LogP contribution in [-0.2, 0) is 5.41 Å². The third-order valence-electron chi connectivity index (χ3n) is 10.3. The Balaban J connectivity index is 1.17. The predicted octanol–water partition coefficient (Wildman–Crippen LogP) is 12.6. The summed E-state index contributed by atoms with van der Waals surface area (Å²) in [5.74, 6) is 0. The van der Waals surface area contributed by atoms with Crippen LogP contribution in [0.3, 0.4) is 0 Å². The monoisotopic (exact) mass is 621 g/mol. The quantitative estimate of drug-likeness (QED) is 0.185. The molecule has 1 unspecified atom stereocenters. The fourth-order valence-corrected chi connectivity index (χ4v) is 9.30. The maximum absolute atomic E-state index is 2.59. The van der Waals surface area contributed by atoms with Gasteiger partial charge in [0.1, 0.15) is 0 Å². The number of benzene rings is 6. The minimum atomic E-state index is -0.0691. The van der Waals surface area contributed by atoms with Crippen LogP contribution in [0.25, 0.3) is 48.0 Å². The molecular weight excluding hydrogens is 587 g/mol. The lowest BCUT2D eigenvalue weighted by Crippen LogP contribution is -2.39. The lowest BCUT2D eigenvalue weighted by atomic mass is 9.75. The van der Waals surface area contributed by atoms with E-state index in [9.17, 15) is 0 Å². The number of rotatable bonds is 5. The molecule has 0 saturated carbocycles. The highest BCUT2D eigenvalue weighted by atomic mass is 32.1. The number of thiophene rings is 1. The molecule has 2 aliphatic rings. The van der Waals surface area contributed by atoms with Crippen molar-refractivity contribution >= 4 is 48.5 Å². The number of anilines is 2. The van der Waals surface area contributed by atoms with Crippen molar-refractivity contribution in [2.75, 3.05) is 4.90 Å². The van der Waals surface area contributed by atoms with Gasteiger partial charge in [0.25, 0.3) is 0 Å². The molecule has 226 valence electrons. The topological polar surface area (TPSA) is 3.24 Å². The lowest BCUT2D eigenvalue weighted by molar-refractivity contribution is 0.563. The molecule has 47 heavy (non-hydrogen) atoms. The smallest absolute Gasteiger partial charge is 0.0603 e.